The summed E-state index contributed by atoms with van der Waals surface area (Å²) in [6.07, 6.45) is 4.34. The predicted molar refractivity (Wildman–Crippen MR) is 91.5 cm³/mol. The van der Waals surface area contributed by atoms with E-state index in [1.54, 1.807) is 24.3 Å². The summed E-state index contributed by atoms with van der Waals surface area (Å²) in [7, 11) is -3.64. The minimum atomic E-state index is -3.64. The van der Waals surface area contributed by atoms with Gasteiger partial charge in [0.2, 0.25) is 15.9 Å². The lowest BCUT2D eigenvalue weighted by atomic mass is 10.0. The van der Waals surface area contributed by atoms with Crippen LogP contribution in [0.2, 0.25) is 0 Å². The Hall–Kier alpha value is -0.920. The van der Waals surface area contributed by atoms with Gasteiger partial charge in [-0.25, -0.2) is 8.42 Å². The first kappa shape index (κ1) is 16.9. The highest BCUT2D eigenvalue weighted by Gasteiger charge is 2.39. The van der Waals surface area contributed by atoms with Gasteiger partial charge in [0, 0.05) is 24.1 Å². The van der Waals surface area contributed by atoms with Crippen molar-refractivity contribution in [1.29, 1.82) is 0 Å². The summed E-state index contributed by atoms with van der Waals surface area (Å²) in [6, 6.07) is 6.06. The summed E-state index contributed by atoms with van der Waals surface area (Å²) < 4.78 is 28.2. The number of rotatable bonds is 3. The summed E-state index contributed by atoms with van der Waals surface area (Å²) in [5, 5.41) is 0. The normalized spacial score (nSPS) is 23.2. The van der Waals surface area contributed by atoms with Gasteiger partial charge in [0.15, 0.2) is 0 Å². The molecule has 1 amide bonds. The van der Waals surface area contributed by atoms with Crippen molar-refractivity contribution in [1.82, 2.24) is 9.21 Å². The summed E-state index contributed by atoms with van der Waals surface area (Å²) in [4.78, 5) is 14.8. The van der Waals surface area contributed by atoms with Crippen LogP contribution >= 0.6 is 15.9 Å². The molecule has 1 unspecified atom stereocenters. The van der Waals surface area contributed by atoms with Crippen molar-refractivity contribution >= 4 is 31.9 Å². The molecule has 5 nitrogen and oxygen atoms in total. The molecule has 0 radical (unpaired) electrons. The molecule has 1 aromatic carbocycles. The second-order valence-corrected chi connectivity index (χ2v) is 8.92. The molecule has 126 valence electrons. The lowest BCUT2D eigenvalue weighted by Crippen LogP contribution is -2.52. The minimum absolute atomic E-state index is 0.0251. The Kier molecular flexibility index (Phi) is 5.08. The molecule has 3 rings (SSSR count). The molecule has 0 spiro atoms. The maximum atomic E-state index is 13.0. The summed E-state index contributed by atoms with van der Waals surface area (Å²) >= 11 is 3.32. The van der Waals surface area contributed by atoms with Crippen LogP contribution in [0.25, 0.3) is 0 Å². The third-order valence-corrected chi connectivity index (χ3v) is 7.03. The molecule has 0 saturated carbocycles. The molecule has 2 saturated heterocycles. The summed E-state index contributed by atoms with van der Waals surface area (Å²) in [5.41, 5.74) is 0. The SMILES string of the molecule is O=C(C1CCCCN1S(=O)(=O)c1ccc(Br)cc1)N1CCCC1. The monoisotopic (exact) mass is 400 g/mol. The van der Waals surface area contributed by atoms with Gasteiger partial charge in [0.05, 0.1) is 4.90 Å². The predicted octanol–water partition coefficient (Wildman–Crippen LogP) is 2.61. The third-order valence-electron chi connectivity index (χ3n) is 4.58. The first-order valence-electron chi connectivity index (χ1n) is 8.06. The Morgan fingerprint density at radius 1 is 1.00 bits per heavy atom. The second kappa shape index (κ2) is 6.91. The lowest BCUT2D eigenvalue weighted by Gasteiger charge is -2.35. The molecule has 2 aliphatic rings. The number of hydrogen-bond acceptors (Lipinski definition) is 3. The smallest absolute Gasteiger partial charge is 0.243 e. The van der Waals surface area contributed by atoms with Gasteiger partial charge in [-0.15, -0.1) is 0 Å². The van der Waals surface area contributed by atoms with Crippen LogP contribution in [0.5, 0.6) is 0 Å². The Morgan fingerprint density at radius 3 is 2.26 bits per heavy atom. The van der Waals surface area contributed by atoms with Crippen LogP contribution in [0.4, 0.5) is 0 Å². The number of piperidine rings is 1. The number of likely N-dealkylation sites (tertiary alicyclic amines) is 1. The Bertz CT molecular complexity index is 669. The number of nitrogens with zero attached hydrogens (tertiary/aromatic N) is 2. The molecule has 0 aromatic heterocycles. The highest BCUT2D eigenvalue weighted by Crippen LogP contribution is 2.28. The average molecular weight is 401 g/mol. The maximum absolute atomic E-state index is 13.0. The van der Waals surface area contributed by atoms with Crippen LogP contribution < -0.4 is 0 Å². The fourth-order valence-electron chi connectivity index (χ4n) is 3.33. The Balaban J connectivity index is 1.88. The van der Waals surface area contributed by atoms with Crippen molar-refractivity contribution in [3.8, 4) is 0 Å². The Morgan fingerprint density at radius 2 is 1.61 bits per heavy atom. The summed E-state index contributed by atoms with van der Waals surface area (Å²) in [5.74, 6) is -0.0251. The van der Waals surface area contributed by atoms with E-state index in [0.717, 1.165) is 43.2 Å². The van der Waals surface area contributed by atoms with E-state index in [1.165, 1.54) is 4.31 Å². The van der Waals surface area contributed by atoms with Crippen molar-refractivity contribution in [3.63, 3.8) is 0 Å². The molecule has 0 bridgehead atoms. The van der Waals surface area contributed by atoms with Crippen LogP contribution in [-0.2, 0) is 14.8 Å². The maximum Gasteiger partial charge on any atom is 0.243 e. The number of carbonyl (C=O) groups is 1. The zero-order chi connectivity index (χ0) is 16.4. The fraction of sp³-hybridized carbons (Fsp3) is 0.562. The van der Waals surface area contributed by atoms with Crippen molar-refractivity contribution in [2.45, 2.75) is 43.0 Å². The molecular formula is C16H21BrN2O3S. The van der Waals surface area contributed by atoms with Crippen LogP contribution in [0.3, 0.4) is 0 Å². The van der Waals surface area contributed by atoms with Gasteiger partial charge in [-0.1, -0.05) is 22.4 Å². The number of halogens is 1. The zero-order valence-corrected chi connectivity index (χ0v) is 15.4. The number of amides is 1. The minimum Gasteiger partial charge on any atom is -0.341 e. The topological polar surface area (TPSA) is 57.7 Å². The van der Waals surface area contributed by atoms with E-state index in [-0.39, 0.29) is 10.8 Å². The molecule has 23 heavy (non-hydrogen) atoms. The highest BCUT2D eigenvalue weighted by atomic mass is 79.9. The van der Waals surface area contributed by atoms with E-state index in [1.807, 2.05) is 4.90 Å². The largest absolute Gasteiger partial charge is 0.341 e. The van der Waals surface area contributed by atoms with E-state index in [9.17, 15) is 13.2 Å². The summed E-state index contributed by atoms with van der Waals surface area (Å²) in [6.45, 7) is 1.92. The Labute approximate surface area is 145 Å². The average Bonchev–Trinajstić information content (AvgIpc) is 3.09. The van der Waals surface area contributed by atoms with Gasteiger partial charge in [-0.3, -0.25) is 4.79 Å². The van der Waals surface area contributed by atoms with Crippen LogP contribution in [-0.4, -0.2) is 49.2 Å². The third kappa shape index (κ3) is 3.46. The second-order valence-electron chi connectivity index (χ2n) is 6.11. The molecule has 2 fully saturated rings. The molecule has 2 heterocycles. The van der Waals surface area contributed by atoms with Gasteiger partial charge in [0.1, 0.15) is 6.04 Å². The van der Waals surface area contributed by atoms with Crippen molar-refractivity contribution in [3.05, 3.63) is 28.7 Å². The van der Waals surface area contributed by atoms with E-state index < -0.39 is 16.1 Å². The van der Waals surface area contributed by atoms with Crippen molar-refractivity contribution < 1.29 is 13.2 Å². The molecule has 7 heteroatoms. The van der Waals surface area contributed by atoms with Crippen molar-refractivity contribution in [2.24, 2.45) is 0 Å². The molecule has 1 aromatic rings. The lowest BCUT2D eigenvalue weighted by molar-refractivity contribution is -0.135. The fourth-order valence-corrected chi connectivity index (χ4v) is 5.24. The van der Waals surface area contributed by atoms with Gasteiger partial charge in [0.25, 0.3) is 0 Å². The number of benzene rings is 1. The van der Waals surface area contributed by atoms with Crippen LogP contribution in [0.1, 0.15) is 32.1 Å². The van der Waals surface area contributed by atoms with Crippen LogP contribution in [0, 0.1) is 0 Å². The van der Waals surface area contributed by atoms with E-state index in [2.05, 4.69) is 15.9 Å². The molecule has 0 aliphatic carbocycles. The molecule has 1 atom stereocenters. The van der Waals surface area contributed by atoms with E-state index in [4.69, 9.17) is 0 Å². The van der Waals surface area contributed by atoms with Gasteiger partial charge < -0.3 is 4.90 Å². The van der Waals surface area contributed by atoms with Crippen molar-refractivity contribution in [2.75, 3.05) is 19.6 Å². The standard InChI is InChI=1S/C16H21BrN2O3S/c17-13-6-8-14(9-7-13)23(21,22)19-12-2-1-5-15(19)16(20)18-10-3-4-11-18/h6-9,15H,1-5,10-12H2. The van der Waals surface area contributed by atoms with Crippen LogP contribution in [0.15, 0.2) is 33.6 Å². The van der Waals surface area contributed by atoms with Gasteiger partial charge in [-0.2, -0.15) is 4.31 Å². The quantitative estimate of drug-likeness (QED) is 0.783. The first-order chi connectivity index (χ1) is 11.0. The van der Waals surface area contributed by atoms with E-state index >= 15 is 0 Å². The first-order valence-corrected chi connectivity index (χ1v) is 10.3. The van der Waals surface area contributed by atoms with E-state index in [0.29, 0.717) is 13.0 Å². The molecule has 2 aliphatic heterocycles. The highest BCUT2D eigenvalue weighted by molar-refractivity contribution is 9.10. The number of sulfonamides is 1. The number of hydrogen-bond donors (Lipinski definition) is 0. The molecular weight excluding hydrogens is 380 g/mol. The van der Waals surface area contributed by atoms with Gasteiger partial charge >= 0.3 is 0 Å². The van der Waals surface area contributed by atoms with Gasteiger partial charge in [-0.05, 0) is 49.9 Å². The zero-order valence-electron chi connectivity index (χ0n) is 12.9. The number of carbonyl (C=O) groups excluding carboxylic acids is 1. The molecule has 0 N–H and O–H groups in total.